The van der Waals surface area contributed by atoms with Crippen LogP contribution in [0.25, 0.3) is 21.5 Å². The number of rotatable bonds is 2. The van der Waals surface area contributed by atoms with Gasteiger partial charge in [0.25, 0.3) is 0 Å². The summed E-state index contributed by atoms with van der Waals surface area (Å²) in [6.45, 7) is 0.131. The number of ether oxygens (including phenoxy) is 3. The minimum absolute atomic E-state index is 0.131. The molecule has 0 spiro atoms. The zero-order valence-corrected chi connectivity index (χ0v) is 11.8. The van der Waals surface area contributed by atoms with Gasteiger partial charge in [-0.05, 0) is 28.3 Å². The van der Waals surface area contributed by atoms with Gasteiger partial charge in [0.2, 0.25) is 12.5 Å². The Morgan fingerprint density at radius 3 is 2.59 bits per heavy atom. The monoisotopic (exact) mass is 296 g/mol. The van der Waals surface area contributed by atoms with Gasteiger partial charge in [-0.3, -0.25) is 0 Å². The molecule has 0 unspecified atom stereocenters. The first-order valence-corrected chi connectivity index (χ1v) is 6.76. The maximum absolute atomic E-state index is 11.6. The van der Waals surface area contributed by atoms with Crippen molar-refractivity contribution in [1.82, 2.24) is 0 Å². The summed E-state index contributed by atoms with van der Waals surface area (Å²) in [4.78, 5) is 11.6. The van der Waals surface area contributed by atoms with Crippen LogP contribution in [0.4, 0.5) is 0 Å². The lowest BCUT2D eigenvalue weighted by molar-refractivity contribution is 0.0699. The van der Waals surface area contributed by atoms with Crippen LogP contribution in [0.3, 0.4) is 0 Å². The standard InChI is InChI=1S/C17H12O5/c1-20-15-12-6-13(17(18)19)10-5-3-2-4-9(10)11(12)7-14-16(15)22-8-21-14/h2-7H,8H2,1H3,(H,18,19). The van der Waals surface area contributed by atoms with Gasteiger partial charge >= 0.3 is 5.97 Å². The Hall–Kier alpha value is -2.95. The summed E-state index contributed by atoms with van der Waals surface area (Å²) >= 11 is 0. The molecule has 0 saturated carbocycles. The van der Waals surface area contributed by atoms with Gasteiger partial charge in [-0.1, -0.05) is 24.3 Å². The van der Waals surface area contributed by atoms with Crippen LogP contribution in [0.15, 0.2) is 36.4 Å². The molecule has 0 atom stereocenters. The number of carbonyl (C=O) groups is 1. The molecule has 0 fully saturated rings. The molecule has 0 saturated heterocycles. The van der Waals surface area contributed by atoms with Gasteiger partial charge in [-0.2, -0.15) is 0 Å². The van der Waals surface area contributed by atoms with E-state index >= 15 is 0 Å². The highest BCUT2D eigenvalue weighted by molar-refractivity contribution is 6.17. The topological polar surface area (TPSA) is 65.0 Å². The van der Waals surface area contributed by atoms with Gasteiger partial charge in [0, 0.05) is 5.39 Å². The van der Waals surface area contributed by atoms with Gasteiger partial charge in [0.1, 0.15) is 0 Å². The lowest BCUT2D eigenvalue weighted by atomic mass is 9.96. The first-order chi connectivity index (χ1) is 10.7. The maximum atomic E-state index is 11.6. The molecule has 1 N–H and O–H groups in total. The lowest BCUT2D eigenvalue weighted by Crippen LogP contribution is -1.99. The second-order valence-electron chi connectivity index (χ2n) is 5.01. The Labute approximate surface area is 125 Å². The second-order valence-corrected chi connectivity index (χ2v) is 5.01. The van der Waals surface area contributed by atoms with E-state index in [4.69, 9.17) is 14.2 Å². The molecular formula is C17H12O5. The van der Waals surface area contributed by atoms with Crippen molar-refractivity contribution in [2.24, 2.45) is 0 Å². The lowest BCUT2D eigenvalue weighted by Gasteiger charge is -2.13. The van der Waals surface area contributed by atoms with Crippen LogP contribution in [0.1, 0.15) is 10.4 Å². The molecule has 1 aliphatic rings. The molecule has 0 bridgehead atoms. The van der Waals surface area contributed by atoms with Crippen molar-refractivity contribution in [2.45, 2.75) is 0 Å². The summed E-state index contributed by atoms with van der Waals surface area (Å²) < 4.78 is 16.4. The number of benzene rings is 3. The molecule has 1 aliphatic heterocycles. The van der Waals surface area contributed by atoms with Crippen molar-refractivity contribution in [3.05, 3.63) is 42.0 Å². The second kappa shape index (κ2) is 4.53. The summed E-state index contributed by atoms with van der Waals surface area (Å²) in [6.07, 6.45) is 0. The van der Waals surface area contributed by atoms with E-state index < -0.39 is 5.97 Å². The fraction of sp³-hybridized carbons (Fsp3) is 0.118. The van der Waals surface area contributed by atoms with Crippen molar-refractivity contribution in [3.8, 4) is 17.2 Å². The number of hydrogen-bond donors (Lipinski definition) is 1. The summed E-state index contributed by atoms with van der Waals surface area (Å²) in [7, 11) is 1.53. The van der Waals surface area contributed by atoms with E-state index in [9.17, 15) is 9.90 Å². The minimum Gasteiger partial charge on any atom is -0.492 e. The van der Waals surface area contributed by atoms with E-state index in [1.807, 2.05) is 24.3 Å². The van der Waals surface area contributed by atoms with Crippen LogP contribution in [-0.2, 0) is 0 Å². The Balaban J connectivity index is 2.24. The molecule has 3 aromatic carbocycles. The van der Waals surface area contributed by atoms with E-state index in [1.54, 1.807) is 12.1 Å². The van der Waals surface area contributed by atoms with Gasteiger partial charge in [-0.15, -0.1) is 0 Å². The number of aromatic carboxylic acids is 1. The zero-order valence-electron chi connectivity index (χ0n) is 11.8. The Morgan fingerprint density at radius 1 is 1.09 bits per heavy atom. The van der Waals surface area contributed by atoms with Crippen molar-refractivity contribution in [3.63, 3.8) is 0 Å². The SMILES string of the molecule is COc1c2c(cc3c1cc(C(=O)O)c1ccccc13)OCO2. The zero-order chi connectivity index (χ0) is 15.3. The quantitative estimate of drug-likeness (QED) is 0.734. The third-order valence-corrected chi connectivity index (χ3v) is 3.89. The van der Waals surface area contributed by atoms with Crippen LogP contribution in [0.2, 0.25) is 0 Å². The van der Waals surface area contributed by atoms with Gasteiger partial charge in [0.05, 0.1) is 12.7 Å². The molecule has 110 valence electrons. The fourth-order valence-electron chi connectivity index (χ4n) is 2.95. The summed E-state index contributed by atoms with van der Waals surface area (Å²) in [6, 6.07) is 10.9. The predicted octanol–water partition coefficient (Wildman–Crippen LogP) is 3.43. The highest BCUT2D eigenvalue weighted by Gasteiger charge is 2.24. The Kier molecular flexibility index (Phi) is 2.63. The van der Waals surface area contributed by atoms with Crippen LogP contribution in [0.5, 0.6) is 17.2 Å². The average Bonchev–Trinajstić information content (AvgIpc) is 2.99. The fourth-order valence-corrected chi connectivity index (χ4v) is 2.95. The van der Waals surface area contributed by atoms with Gasteiger partial charge < -0.3 is 19.3 Å². The Bertz CT molecular complexity index is 929. The molecule has 5 nitrogen and oxygen atoms in total. The van der Waals surface area contributed by atoms with E-state index in [2.05, 4.69) is 0 Å². The molecule has 1 heterocycles. The molecule has 0 aliphatic carbocycles. The summed E-state index contributed by atoms with van der Waals surface area (Å²) in [5, 5.41) is 12.6. The Morgan fingerprint density at radius 2 is 1.86 bits per heavy atom. The van der Waals surface area contributed by atoms with Crippen LogP contribution in [-0.4, -0.2) is 25.0 Å². The minimum atomic E-state index is -0.974. The van der Waals surface area contributed by atoms with Crippen LogP contribution < -0.4 is 14.2 Å². The highest BCUT2D eigenvalue weighted by atomic mass is 16.7. The van der Waals surface area contributed by atoms with E-state index in [1.165, 1.54) is 7.11 Å². The molecule has 3 aromatic rings. The molecule has 0 aromatic heterocycles. The molecule has 0 amide bonds. The van der Waals surface area contributed by atoms with Crippen molar-refractivity contribution in [1.29, 1.82) is 0 Å². The average molecular weight is 296 g/mol. The van der Waals surface area contributed by atoms with Crippen LogP contribution >= 0.6 is 0 Å². The molecule has 22 heavy (non-hydrogen) atoms. The van der Waals surface area contributed by atoms with Gasteiger partial charge in [0.15, 0.2) is 11.5 Å². The number of fused-ring (bicyclic) bond motifs is 4. The van der Waals surface area contributed by atoms with E-state index in [0.717, 1.165) is 10.8 Å². The predicted molar refractivity (Wildman–Crippen MR) is 81.1 cm³/mol. The summed E-state index contributed by atoms with van der Waals surface area (Å²) in [5.41, 5.74) is 0.236. The third-order valence-electron chi connectivity index (χ3n) is 3.89. The largest absolute Gasteiger partial charge is 0.492 e. The smallest absolute Gasteiger partial charge is 0.336 e. The van der Waals surface area contributed by atoms with Crippen LogP contribution in [0, 0.1) is 0 Å². The highest BCUT2D eigenvalue weighted by Crippen LogP contribution is 2.48. The van der Waals surface area contributed by atoms with Crippen molar-refractivity contribution < 1.29 is 24.1 Å². The first kappa shape index (κ1) is 12.8. The van der Waals surface area contributed by atoms with E-state index in [0.29, 0.717) is 28.0 Å². The molecular weight excluding hydrogens is 284 g/mol. The number of methoxy groups -OCH3 is 1. The number of carboxylic acids is 1. The van der Waals surface area contributed by atoms with Gasteiger partial charge in [-0.25, -0.2) is 4.79 Å². The third kappa shape index (κ3) is 1.62. The van der Waals surface area contributed by atoms with E-state index in [-0.39, 0.29) is 12.4 Å². The van der Waals surface area contributed by atoms with Crippen molar-refractivity contribution >= 4 is 27.5 Å². The number of carboxylic acid groups (broad SMARTS) is 1. The molecule has 5 heteroatoms. The molecule has 0 radical (unpaired) electrons. The summed E-state index contributed by atoms with van der Waals surface area (Å²) in [5.74, 6) is 0.648. The normalized spacial score (nSPS) is 12.8. The molecule has 4 rings (SSSR count). The number of hydrogen-bond acceptors (Lipinski definition) is 4. The maximum Gasteiger partial charge on any atom is 0.336 e. The van der Waals surface area contributed by atoms with Crippen molar-refractivity contribution in [2.75, 3.05) is 13.9 Å². The first-order valence-electron chi connectivity index (χ1n) is 6.76.